The van der Waals surface area contributed by atoms with E-state index in [1.54, 1.807) is 12.1 Å². The van der Waals surface area contributed by atoms with Crippen LogP contribution < -0.4 is 10.1 Å². The predicted molar refractivity (Wildman–Crippen MR) is 96.3 cm³/mol. The number of aryl methyl sites for hydroxylation is 2. The Morgan fingerprint density at radius 3 is 2.40 bits per heavy atom. The number of hydrogen-bond donors (Lipinski definition) is 2. The van der Waals surface area contributed by atoms with Gasteiger partial charge in [0.2, 0.25) is 5.91 Å². The fraction of sp³-hybridized carbons (Fsp3) is 0.300. The molecule has 0 fully saturated rings. The predicted octanol–water partition coefficient (Wildman–Crippen LogP) is 2.91. The molecule has 1 amide bonds. The maximum Gasteiger partial charge on any atom is 0.335 e. The Balaban J connectivity index is 1.94. The van der Waals surface area contributed by atoms with E-state index in [4.69, 9.17) is 9.84 Å². The van der Waals surface area contributed by atoms with Gasteiger partial charge in [-0.05, 0) is 54.7 Å². The molecular formula is C20H23NO4. The van der Waals surface area contributed by atoms with Gasteiger partial charge < -0.3 is 15.2 Å². The molecule has 132 valence electrons. The van der Waals surface area contributed by atoms with Gasteiger partial charge in [0.05, 0.1) is 19.1 Å². The van der Waals surface area contributed by atoms with E-state index in [0.29, 0.717) is 25.1 Å². The summed E-state index contributed by atoms with van der Waals surface area (Å²) in [6.07, 6.45) is 0.926. The zero-order chi connectivity index (χ0) is 18.4. The Hall–Kier alpha value is -2.82. The van der Waals surface area contributed by atoms with E-state index in [1.807, 2.05) is 32.0 Å². The second-order valence-electron chi connectivity index (χ2n) is 5.98. The molecule has 2 aromatic carbocycles. The third kappa shape index (κ3) is 4.83. The summed E-state index contributed by atoms with van der Waals surface area (Å²) in [4.78, 5) is 23.2. The Bertz CT molecular complexity index is 763. The highest BCUT2D eigenvalue weighted by molar-refractivity contribution is 5.88. The zero-order valence-electron chi connectivity index (χ0n) is 14.8. The van der Waals surface area contributed by atoms with Crippen molar-refractivity contribution in [2.45, 2.75) is 26.7 Å². The lowest BCUT2D eigenvalue weighted by atomic mass is 10.00. The topological polar surface area (TPSA) is 75.6 Å². The van der Waals surface area contributed by atoms with Crippen LogP contribution in [0.15, 0.2) is 36.4 Å². The number of rotatable bonds is 7. The van der Waals surface area contributed by atoms with Crippen LogP contribution in [0.25, 0.3) is 0 Å². The van der Waals surface area contributed by atoms with Crippen LogP contribution in [0, 0.1) is 13.8 Å². The number of amides is 1. The van der Waals surface area contributed by atoms with Crippen LogP contribution in [0.5, 0.6) is 5.75 Å². The van der Waals surface area contributed by atoms with Crippen LogP contribution >= 0.6 is 0 Å². The zero-order valence-corrected chi connectivity index (χ0v) is 14.8. The Morgan fingerprint density at radius 1 is 1.12 bits per heavy atom. The minimum atomic E-state index is -0.994. The molecule has 2 rings (SSSR count). The first-order valence-electron chi connectivity index (χ1n) is 8.14. The quantitative estimate of drug-likeness (QED) is 0.812. The van der Waals surface area contributed by atoms with Gasteiger partial charge >= 0.3 is 5.97 Å². The van der Waals surface area contributed by atoms with Gasteiger partial charge in [-0.15, -0.1) is 0 Å². The lowest BCUT2D eigenvalue weighted by molar-refractivity contribution is -0.120. The Labute approximate surface area is 147 Å². The molecule has 0 saturated heterocycles. The Kier molecular flexibility index (Phi) is 6.17. The Morgan fingerprint density at radius 2 is 1.80 bits per heavy atom. The molecule has 0 saturated carbocycles. The molecule has 5 heteroatoms. The van der Waals surface area contributed by atoms with Crippen molar-refractivity contribution in [3.05, 3.63) is 64.2 Å². The first-order valence-corrected chi connectivity index (χ1v) is 8.14. The normalized spacial score (nSPS) is 10.4. The third-order valence-electron chi connectivity index (χ3n) is 4.23. The number of nitrogens with one attached hydrogen (secondary N) is 1. The average molecular weight is 341 g/mol. The fourth-order valence-corrected chi connectivity index (χ4v) is 2.77. The summed E-state index contributed by atoms with van der Waals surface area (Å²) in [6, 6.07) is 10.8. The monoisotopic (exact) mass is 341 g/mol. The molecule has 0 unspecified atom stereocenters. The maximum absolute atomic E-state index is 12.2. The van der Waals surface area contributed by atoms with E-state index >= 15 is 0 Å². The maximum atomic E-state index is 12.2. The van der Waals surface area contributed by atoms with Crippen LogP contribution in [-0.2, 0) is 17.6 Å². The van der Waals surface area contributed by atoms with Crippen molar-refractivity contribution < 1.29 is 19.4 Å². The summed E-state index contributed by atoms with van der Waals surface area (Å²) < 4.78 is 5.24. The molecule has 5 nitrogen and oxygen atoms in total. The molecular weight excluding hydrogens is 318 g/mol. The lowest BCUT2D eigenvalue weighted by Crippen LogP contribution is -2.27. The average Bonchev–Trinajstić information content (AvgIpc) is 2.58. The summed E-state index contributed by atoms with van der Waals surface area (Å²) in [5, 5.41) is 11.9. The number of carboxylic acids is 1. The molecule has 0 heterocycles. The van der Waals surface area contributed by atoms with Crippen LogP contribution in [0.4, 0.5) is 0 Å². The van der Waals surface area contributed by atoms with E-state index in [0.717, 1.165) is 22.3 Å². The van der Waals surface area contributed by atoms with Gasteiger partial charge in [0.15, 0.2) is 0 Å². The van der Waals surface area contributed by atoms with Crippen LogP contribution in [-0.4, -0.2) is 30.6 Å². The molecule has 0 radical (unpaired) electrons. The number of carboxylic acid groups (broad SMARTS) is 1. The van der Waals surface area contributed by atoms with E-state index in [1.165, 1.54) is 13.2 Å². The van der Waals surface area contributed by atoms with E-state index in [-0.39, 0.29) is 11.5 Å². The van der Waals surface area contributed by atoms with Crippen molar-refractivity contribution in [3.8, 4) is 5.75 Å². The van der Waals surface area contributed by atoms with Gasteiger partial charge in [-0.2, -0.15) is 0 Å². The summed E-state index contributed by atoms with van der Waals surface area (Å²) >= 11 is 0. The standard InChI is InChI=1S/C20H23NO4/c1-13-5-4-6-14(2)17(13)12-19(22)21-10-9-15-7-8-16(20(23)24)11-18(15)25-3/h4-8,11H,9-10,12H2,1-3H3,(H,21,22)(H,23,24). The molecule has 2 aromatic rings. The molecule has 0 spiro atoms. The van der Waals surface area contributed by atoms with Gasteiger partial charge in [0, 0.05) is 6.54 Å². The molecule has 2 N–H and O–H groups in total. The SMILES string of the molecule is COc1cc(C(=O)O)ccc1CCNC(=O)Cc1c(C)cccc1C. The molecule has 0 aliphatic heterocycles. The summed E-state index contributed by atoms with van der Waals surface area (Å²) in [7, 11) is 1.50. The van der Waals surface area contributed by atoms with Gasteiger partial charge in [-0.25, -0.2) is 4.79 Å². The number of carbonyl (C=O) groups excluding carboxylic acids is 1. The molecule has 0 aromatic heterocycles. The van der Waals surface area contributed by atoms with Crippen molar-refractivity contribution in [1.29, 1.82) is 0 Å². The number of ether oxygens (including phenoxy) is 1. The van der Waals surface area contributed by atoms with E-state index in [9.17, 15) is 9.59 Å². The largest absolute Gasteiger partial charge is 0.496 e. The second-order valence-corrected chi connectivity index (χ2v) is 5.98. The number of aromatic carboxylic acids is 1. The minimum absolute atomic E-state index is 0.0291. The lowest BCUT2D eigenvalue weighted by Gasteiger charge is -2.12. The van der Waals surface area contributed by atoms with Crippen molar-refractivity contribution in [2.24, 2.45) is 0 Å². The first kappa shape index (κ1) is 18.5. The van der Waals surface area contributed by atoms with Crippen molar-refractivity contribution in [3.63, 3.8) is 0 Å². The van der Waals surface area contributed by atoms with Crippen LogP contribution in [0.1, 0.15) is 32.6 Å². The summed E-state index contributed by atoms with van der Waals surface area (Å²) in [6.45, 7) is 4.47. The van der Waals surface area contributed by atoms with Crippen molar-refractivity contribution in [1.82, 2.24) is 5.32 Å². The highest BCUT2D eigenvalue weighted by Gasteiger charge is 2.11. The minimum Gasteiger partial charge on any atom is -0.496 e. The number of carbonyl (C=O) groups is 2. The molecule has 0 bridgehead atoms. The molecule has 0 aliphatic rings. The highest BCUT2D eigenvalue weighted by atomic mass is 16.5. The first-order chi connectivity index (χ1) is 11.9. The van der Waals surface area contributed by atoms with E-state index in [2.05, 4.69) is 5.32 Å². The van der Waals surface area contributed by atoms with E-state index < -0.39 is 5.97 Å². The highest BCUT2D eigenvalue weighted by Crippen LogP contribution is 2.20. The third-order valence-corrected chi connectivity index (χ3v) is 4.23. The molecule has 25 heavy (non-hydrogen) atoms. The number of methoxy groups -OCH3 is 1. The van der Waals surface area contributed by atoms with Crippen LogP contribution in [0.2, 0.25) is 0 Å². The number of benzene rings is 2. The van der Waals surface area contributed by atoms with Crippen molar-refractivity contribution in [2.75, 3.05) is 13.7 Å². The van der Waals surface area contributed by atoms with Crippen molar-refractivity contribution >= 4 is 11.9 Å². The molecule has 0 atom stereocenters. The number of hydrogen-bond acceptors (Lipinski definition) is 3. The van der Waals surface area contributed by atoms with Gasteiger partial charge in [-0.1, -0.05) is 24.3 Å². The summed E-state index contributed by atoms with van der Waals surface area (Å²) in [5.74, 6) is -0.505. The van der Waals surface area contributed by atoms with Crippen LogP contribution in [0.3, 0.4) is 0 Å². The summed E-state index contributed by atoms with van der Waals surface area (Å²) in [5.41, 5.74) is 4.32. The molecule has 0 aliphatic carbocycles. The second kappa shape index (κ2) is 8.33. The van der Waals surface area contributed by atoms with Gasteiger partial charge in [0.25, 0.3) is 0 Å². The fourth-order valence-electron chi connectivity index (χ4n) is 2.77. The van der Waals surface area contributed by atoms with Gasteiger partial charge in [-0.3, -0.25) is 4.79 Å². The smallest absolute Gasteiger partial charge is 0.335 e. The van der Waals surface area contributed by atoms with Gasteiger partial charge in [0.1, 0.15) is 5.75 Å².